The molecule has 0 saturated heterocycles. The minimum atomic E-state index is -0.410. The molecular weight excluding hydrogens is 370 g/mol. The summed E-state index contributed by atoms with van der Waals surface area (Å²) in [6, 6.07) is 16.7. The van der Waals surface area contributed by atoms with Crippen LogP contribution in [-0.2, 0) is 29.6 Å². The lowest BCUT2D eigenvalue weighted by molar-refractivity contribution is -0.145. The molecule has 0 aliphatic heterocycles. The molecular formula is C22H19N3O4. The first kappa shape index (κ1) is 18.6. The summed E-state index contributed by atoms with van der Waals surface area (Å²) in [5.41, 5.74) is 1.39. The molecule has 0 fully saturated rings. The van der Waals surface area contributed by atoms with E-state index in [-0.39, 0.29) is 18.6 Å². The van der Waals surface area contributed by atoms with Crippen molar-refractivity contribution in [3.63, 3.8) is 0 Å². The topological polar surface area (TPSA) is 87.2 Å². The van der Waals surface area contributed by atoms with E-state index in [1.54, 1.807) is 31.4 Å². The maximum Gasteiger partial charge on any atom is 0.306 e. The maximum absolute atomic E-state index is 12.4. The number of aromatic nitrogens is 3. The number of ether oxygens (including phenoxy) is 1. The van der Waals surface area contributed by atoms with Gasteiger partial charge in [-0.2, -0.15) is 0 Å². The van der Waals surface area contributed by atoms with Gasteiger partial charge in [0.2, 0.25) is 5.89 Å². The SMILES string of the molecule is Cn1c(CCC(=O)OCc2ncc(-c3ccccc3)o2)nc2ccccc2c1=O. The molecule has 146 valence electrons. The van der Waals surface area contributed by atoms with E-state index in [1.807, 2.05) is 36.4 Å². The van der Waals surface area contributed by atoms with Crippen LogP contribution in [0.4, 0.5) is 0 Å². The number of nitrogens with zero attached hydrogens (tertiary/aromatic N) is 3. The van der Waals surface area contributed by atoms with E-state index < -0.39 is 5.97 Å². The number of esters is 1. The third-order valence-electron chi connectivity index (χ3n) is 4.60. The number of carbonyl (C=O) groups is 1. The fourth-order valence-corrected chi connectivity index (χ4v) is 3.03. The van der Waals surface area contributed by atoms with Gasteiger partial charge in [-0.15, -0.1) is 0 Å². The largest absolute Gasteiger partial charge is 0.456 e. The van der Waals surface area contributed by atoms with Crippen molar-refractivity contribution in [2.24, 2.45) is 7.05 Å². The van der Waals surface area contributed by atoms with Gasteiger partial charge < -0.3 is 9.15 Å². The van der Waals surface area contributed by atoms with Crippen LogP contribution in [0.25, 0.3) is 22.2 Å². The molecule has 0 saturated carbocycles. The molecule has 0 N–H and O–H groups in total. The molecule has 2 aromatic carbocycles. The number of aryl methyl sites for hydroxylation is 1. The van der Waals surface area contributed by atoms with Crippen LogP contribution in [0, 0.1) is 0 Å². The molecule has 0 unspecified atom stereocenters. The highest BCUT2D eigenvalue weighted by Gasteiger charge is 2.12. The van der Waals surface area contributed by atoms with E-state index in [9.17, 15) is 9.59 Å². The quantitative estimate of drug-likeness (QED) is 0.471. The lowest BCUT2D eigenvalue weighted by atomic mass is 10.2. The van der Waals surface area contributed by atoms with Crippen LogP contribution in [0.1, 0.15) is 18.1 Å². The summed E-state index contributed by atoms with van der Waals surface area (Å²) < 4.78 is 12.3. The maximum atomic E-state index is 12.4. The van der Waals surface area contributed by atoms with Gasteiger partial charge in [-0.05, 0) is 12.1 Å². The number of oxazole rings is 1. The van der Waals surface area contributed by atoms with Crippen molar-refractivity contribution in [3.8, 4) is 11.3 Å². The summed E-state index contributed by atoms with van der Waals surface area (Å²) in [6.07, 6.45) is 2.01. The molecule has 7 heteroatoms. The number of carbonyl (C=O) groups excluding carboxylic acids is 1. The molecule has 2 heterocycles. The van der Waals surface area contributed by atoms with Crippen molar-refractivity contribution in [3.05, 3.63) is 82.9 Å². The van der Waals surface area contributed by atoms with E-state index in [0.29, 0.717) is 34.8 Å². The van der Waals surface area contributed by atoms with E-state index in [1.165, 1.54) is 4.57 Å². The third-order valence-corrected chi connectivity index (χ3v) is 4.60. The lowest BCUT2D eigenvalue weighted by Gasteiger charge is -2.09. The van der Waals surface area contributed by atoms with E-state index in [0.717, 1.165) is 5.56 Å². The van der Waals surface area contributed by atoms with Crippen molar-refractivity contribution >= 4 is 16.9 Å². The molecule has 0 aliphatic carbocycles. The number of hydrogen-bond donors (Lipinski definition) is 0. The summed E-state index contributed by atoms with van der Waals surface area (Å²) in [5, 5.41) is 0.555. The normalized spacial score (nSPS) is 10.9. The Labute approximate surface area is 166 Å². The second-order valence-corrected chi connectivity index (χ2v) is 6.55. The molecule has 0 radical (unpaired) electrons. The van der Waals surface area contributed by atoms with Crippen LogP contribution in [0.5, 0.6) is 0 Å². The Bertz CT molecular complexity index is 1210. The molecule has 0 spiro atoms. The predicted octanol–water partition coefficient (Wildman–Crippen LogP) is 3.26. The summed E-state index contributed by atoms with van der Waals surface area (Å²) in [4.78, 5) is 33.2. The van der Waals surface area contributed by atoms with Gasteiger partial charge in [0.15, 0.2) is 12.4 Å². The van der Waals surface area contributed by atoms with Crippen LogP contribution >= 0.6 is 0 Å². The number of benzene rings is 2. The van der Waals surface area contributed by atoms with E-state index in [4.69, 9.17) is 9.15 Å². The van der Waals surface area contributed by atoms with Crippen molar-refractivity contribution in [2.45, 2.75) is 19.4 Å². The van der Waals surface area contributed by atoms with Crippen LogP contribution < -0.4 is 5.56 Å². The van der Waals surface area contributed by atoms with Crippen LogP contribution in [-0.4, -0.2) is 20.5 Å². The zero-order chi connectivity index (χ0) is 20.2. The standard InChI is InChI=1S/C22H19N3O4/c1-25-19(24-17-10-6-5-9-16(17)22(25)27)11-12-21(26)28-14-20-23-13-18(29-20)15-7-3-2-4-8-15/h2-10,13H,11-12,14H2,1H3. The summed E-state index contributed by atoms with van der Waals surface area (Å²) in [5.74, 6) is 1.07. The molecule has 0 aliphatic rings. The van der Waals surface area contributed by atoms with E-state index >= 15 is 0 Å². The second-order valence-electron chi connectivity index (χ2n) is 6.55. The minimum absolute atomic E-state index is 0.0459. The molecule has 0 atom stereocenters. The Morgan fingerprint density at radius 1 is 1.10 bits per heavy atom. The number of rotatable bonds is 6. The Balaban J connectivity index is 1.36. The van der Waals surface area contributed by atoms with Crippen molar-refractivity contribution in [1.29, 1.82) is 0 Å². The van der Waals surface area contributed by atoms with Gasteiger partial charge in [0.1, 0.15) is 5.82 Å². The summed E-state index contributed by atoms with van der Waals surface area (Å²) >= 11 is 0. The molecule has 2 aromatic heterocycles. The van der Waals surface area contributed by atoms with Crippen molar-refractivity contribution in [1.82, 2.24) is 14.5 Å². The monoisotopic (exact) mass is 389 g/mol. The van der Waals surface area contributed by atoms with Gasteiger partial charge >= 0.3 is 5.97 Å². The molecule has 4 rings (SSSR count). The van der Waals surface area contributed by atoms with E-state index in [2.05, 4.69) is 9.97 Å². The van der Waals surface area contributed by atoms with Crippen LogP contribution in [0.15, 0.2) is 70.0 Å². The predicted molar refractivity (Wildman–Crippen MR) is 107 cm³/mol. The molecule has 0 amide bonds. The second kappa shape index (κ2) is 8.10. The highest BCUT2D eigenvalue weighted by molar-refractivity contribution is 5.77. The Morgan fingerprint density at radius 2 is 1.86 bits per heavy atom. The first-order valence-corrected chi connectivity index (χ1v) is 9.22. The summed E-state index contributed by atoms with van der Waals surface area (Å²) in [6.45, 7) is -0.0459. The lowest BCUT2D eigenvalue weighted by Crippen LogP contribution is -2.23. The zero-order valence-electron chi connectivity index (χ0n) is 15.9. The smallest absolute Gasteiger partial charge is 0.306 e. The number of hydrogen-bond acceptors (Lipinski definition) is 6. The summed E-state index contributed by atoms with van der Waals surface area (Å²) in [7, 11) is 1.65. The van der Waals surface area contributed by atoms with Gasteiger partial charge in [0.05, 0.1) is 23.5 Å². The molecule has 7 nitrogen and oxygen atoms in total. The Kier molecular flexibility index (Phi) is 5.20. The molecule has 4 aromatic rings. The van der Waals surface area contributed by atoms with Crippen LogP contribution in [0.3, 0.4) is 0 Å². The first-order chi connectivity index (χ1) is 14.1. The zero-order valence-corrected chi connectivity index (χ0v) is 15.9. The highest BCUT2D eigenvalue weighted by Crippen LogP contribution is 2.20. The fraction of sp³-hybridized carbons (Fsp3) is 0.182. The first-order valence-electron chi connectivity index (χ1n) is 9.22. The average Bonchev–Trinajstić information content (AvgIpc) is 3.23. The van der Waals surface area contributed by atoms with Gasteiger partial charge in [-0.25, -0.2) is 9.97 Å². The van der Waals surface area contributed by atoms with Gasteiger partial charge in [-0.1, -0.05) is 42.5 Å². The third kappa shape index (κ3) is 4.08. The highest BCUT2D eigenvalue weighted by atomic mass is 16.5. The average molecular weight is 389 g/mol. The van der Waals surface area contributed by atoms with Crippen molar-refractivity contribution in [2.75, 3.05) is 0 Å². The minimum Gasteiger partial charge on any atom is -0.456 e. The van der Waals surface area contributed by atoms with Gasteiger partial charge in [-0.3, -0.25) is 14.2 Å². The fourth-order valence-electron chi connectivity index (χ4n) is 3.03. The van der Waals surface area contributed by atoms with Crippen molar-refractivity contribution < 1.29 is 13.9 Å². The number of fused-ring (bicyclic) bond motifs is 1. The number of para-hydroxylation sites is 1. The molecule has 0 bridgehead atoms. The van der Waals surface area contributed by atoms with Gasteiger partial charge in [0, 0.05) is 19.0 Å². The Hall–Kier alpha value is -3.74. The Morgan fingerprint density at radius 3 is 2.69 bits per heavy atom. The van der Waals surface area contributed by atoms with Gasteiger partial charge in [0.25, 0.3) is 5.56 Å². The molecule has 29 heavy (non-hydrogen) atoms. The van der Waals surface area contributed by atoms with Crippen LogP contribution in [0.2, 0.25) is 0 Å².